The Labute approximate surface area is 130 Å². The Morgan fingerprint density at radius 3 is 1.90 bits per heavy atom. The molecule has 21 heavy (non-hydrogen) atoms. The second-order valence-electron chi connectivity index (χ2n) is 7.47. The van der Waals surface area contributed by atoms with Crippen molar-refractivity contribution in [1.29, 1.82) is 0 Å². The van der Waals surface area contributed by atoms with Crippen molar-refractivity contribution in [2.24, 2.45) is 5.41 Å². The second-order valence-corrected chi connectivity index (χ2v) is 9.18. The molecule has 0 bridgehead atoms. The van der Waals surface area contributed by atoms with E-state index in [-0.39, 0.29) is 16.9 Å². The van der Waals surface area contributed by atoms with Crippen molar-refractivity contribution >= 4 is 10.0 Å². The highest BCUT2D eigenvalue weighted by atomic mass is 32.2. The summed E-state index contributed by atoms with van der Waals surface area (Å²) in [6.45, 7) is 14.4. The van der Waals surface area contributed by atoms with Crippen molar-refractivity contribution in [3.63, 3.8) is 0 Å². The lowest BCUT2D eigenvalue weighted by Gasteiger charge is -2.28. The molecule has 120 valence electrons. The summed E-state index contributed by atoms with van der Waals surface area (Å²) in [6, 6.07) is 7.10. The monoisotopic (exact) mass is 311 g/mol. The zero-order chi connectivity index (χ0) is 16.5. The minimum absolute atomic E-state index is 0.0639. The molecular formula is C17H29NO2S. The molecule has 0 saturated carbocycles. The van der Waals surface area contributed by atoms with Crippen LogP contribution in [-0.2, 0) is 15.4 Å². The molecule has 3 nitrogen and oxygen atoms in total. The van der Waals surface area contributed by atoms with E-state index in [0.29, 0.717) is 4.90 Å². The third-order valence-corrected chi connectivity index (χ3v) is 6.02. The first kappa shape index (κ1) is 18.2. The molecule has 0 heterocycles. The number of hydrogen-bond donors (Lipinski definition) is 1. The predicted octanol–water partition coefficient (Wildman–Crippen LogP) is 4.09. The summed E-state index contributed by atoms with van der Waals surface area (Å²) in [5, 5.41) is 0. The van der Waals surface area contributed by atoms with Crippen LogP contribution >= 0.6 is 0 Å². The lowest BCUT2D eigenvalue weighted by Crippen LogP contribution is -2.41. The average molecular weight is 311 g/mol. The molecule has 0 amide bonds. The lowest BCUT2D eigenvalue weighted by atomic mass is 9.82. The number of sulfonamides is 1. The summed E-state index contributed by atoms with van der Waals surface area (Å²) in [4.78, 5) is 0.328. The maximum atomic E-state index is 12.4. The van der Waals surface area contributed by atoms with E-state index in [0.717, 1.165) is 12.0 Å². The summed E-state index contributed by atoms with van der Waals surface area (Å²) in [7, 11) is -3.46. The normalized spacial score (nSPS) is 15.0. The second kappa shape index (κ2) is 6.09. The van der Waals surface area contributed by atoms with Gasteiger partial charge >= 0.3 is 0 Å². The molecule has 1 rings (SSSR count). The van der Waals surface area contributed by atoms with Crippen LogP contribution in [-0.4, -0.2) is 14.5 Å². The van der Waals surface area contributed by atoms with Gasteiger partial charge in [-0.2, -0.15) is 0 Å². The summed E-state index contributed by atoms with van der Waals surface area (Å²) in [5.74, 6) is 0. The van der Waals surface area contributed by atoms with E-state index in [1.165, 1.54) is 0 Å². The van der Waals surface area contributed by atoms with Crippen LogP contribution in [0.1, 0.15) is 60.5 Å². The SMILES string of the molecule is CCC(C)(C)c1ccc(S(=O)(=O)N[C@H](C)C(C)(C)C)cc1. The first-order valence-corrected chi connectivity index (χ1v) is 9.01. The van der Waals surface area contributed by atoms with Crippen LogP contribution in [0.2, 0.25) is 0 Å². The first-order chi connectivity index (χ1) is 9.40. The Morgan fingerprint density at radius 1 is 1.05 bits per heavy atom. The summed E-state index contributed by atoms with van der Waals surface area (Å²) in [5.41, 5.74) is 1.11. The van der Waals surface area contributed by atoms with E-state index in [2.05, 4.69) is 25.5 Å². The van der Waals surface area contributed by atoms with Gasteiger partial charge in [0.15, 0.2) is 0 Å². The van der Waals surface area contributed by atoms with Crippen LogP contribution in [0.15, 0.2) is 29.2 Å². The summed E-state index contributed by atoms with van der Waals surface area (Å²) in [6.07, 6.45) is 1.01. The van der Waals surface area contributed by atoms with Gasteiger partial charge < -0.3 is 0 Å². The highest BCUT2D eigenvalue weighted by Crippen LogP contribution is 2.28. The van der Waals surface area contributed by atoms with Crippen molar-refractivity contribution in [3.05, 3.63) is 29.8 Å². The van der Waals surface area contributed by atoms with Crippen LogP contribution in [0.3, 0.4) is 0 Å². The Balaban J connectivity index is 3.01. The van der Waals surface area contributed by atoms with Crippen LogP contribution < -0.4 is 4.72 Å². The predicted molar refractivity (Wildman–Crippen MR) is 89.0 cm³/mol. The standard InChI is InChI=1S/C17H29NO2S/c1-8-17(6,7)14-9-11-15(12-10-14)21(19,20)18-13(2)16(3,4)5/h9-13,18H,8H2,1-7H3/t13-/m1/s1. The molecule has 1 N–H and O–H groups in total. The van der Waals surface area contributed by atoms with E-state index in [1.54, 1.807) is 12.1 Å². The van der Waals surface area contributed by atoms with E-state index in [4.69, 9.17) is 0 Å². The largest absolute Gasteiger partial charge is 0.240 e. The topological polar surface area (TPSA) is 46.2 Å². The Bertz CT molecular complexity index is 566. The Morgan fingerprint density at radius 2 is 1.52 bits per heavy atom. The minimum atomic E-state index is -3.46. The molecule has 1 atom stereocenters. The van der Waals surface area contributed by atoms with E-state index in [1.807, 2.05) is 39.8 Å². The third-order valence-electron chi connectivity index (χ3n) is 4.46. The van der Waals surface area contributed by atoms with Gasteiger partial charge in [0, 0.05) is 6.04 Å². The Kier molecular flexibility index (Phi) is 5.27. The van der Waals surface area contributed by atoms with Crippen molar-refractivity contribution in [3.8, 4) is 0 Å². The van der Waals surface area contributed by atoms with Gasteiger partial charge in [-0.1, -0.05) is 53.7 Å². The van der Waals surface area contributed by atoms with E-state index in [9.17, 15) is 8.42 Å². The van der Waals surface area contributed by atoms with Crippen LogP contribution in [0.4, 0.5) is 0 Å². The van der Waals surface area contributed by atoms with E-state index < -0.39 is 10.0 Å². The fourth-order valence-corrected chi connectivity index (χ4v) is 3.22. The molecule has 0 fully saturated rings. The number of hydrogen-bond acceptors (Lipinski definition) is 2. The van der Waals surface area contributed by atoms with Gasteiger partial charge in [0.1, 0.15) is 0 Å². The van der Waals surface area contributed by atoms with Gasteiger partial charge in [-0.05, 0) is 41.9 Å². The maximum absolute atomic E-state index is 12.4. The molecule has 0 aliphatic heterocycles. The van der Waals surface area contributed by atoms with Gasteiger partial charge in [-0.3, -0.25) is 0 Å². The van der Waals surface area contributed by atoms with Crippen molar-refractivity contribution in [2.45, 2.75) is 71.2 Å². The van der Waals surface area contributed by atoms with Gasteiger partial charge in [0.25, 0.3) is 0 Å². The fraction of sp³-hybridized carbons (Fsp3) is 0.647. The number of nitrogens with one attached hydrogen (secondary N) is 1. The summed E-state index contributed by atoms with van der Waals surface area (Å²) >= 11 is 0. The van der Waals surface area contributed by atoms with Crippen molar-refractivity contribution in [2.75, 3.05) is 0 Å². The first-order valence-electron chi connectivity index (χ1n) is 7.53. The zero-order valence-electron chi connectivity index (χ0n) is 14.3. The maximum Gasteiger partial charge on any atom is 0.240 e. The van der Waals surface area contributed by atoms with Crippen molar-refractivity contribution in [1.82, 2.24) is 4.72 Å². The van der Waals surface area contributed by atoms with Crippen molar-refractivity contribution < 1.29 is 8.42 Å². The number of benzene rings is 1. The highest BCUT2D eigenvalue weighted by molar-refractivity contribution is 7.89. The van der Waals surface area contributed by atoms with Gasteiger partial charge in [0.2, 0.25) is 10.0 Å². The lowest BCUT2D eigenvalue weighted by molar-refractivity contribution is 0.317. The summed E-state index contributed by atoms with van der Waals surface area (Å²) < 4.78 is 27.6. The Hall–Kier alpha value is -0.870. The minimum Gasteiger partial charge on any atom is -0.208 e. The smallest absolute Gasteiger partial charge is 0.208 e. The molecule has 0 saturated heterocycles. The van der Waals surface area contributed by atoms with Gasteiger partial charge in [0.05, 0.1) is 4.90 Å². The quantitative estimate of drug-likeness (QED) is 0.890. The van der Waals surface area contributed by atoms with Crippen LogP contribution in [0.5, 0.6) is 0 Å². The molecule has 0 aromatic heterocycles. The average Bonchev–Trinajstić information content (AvgIpc) is 2.37. The molecule has 0 aliphatic carbocycles. The number of rotatable bonds is 5. The molecule has 0 aliphatic rings. The molecule has 4 heteroatoms. The fourth-order valence-electron chi connectivity index (χ4n) is 1.77. The molecule has 1 aromatic rings. The molecule has 0 radical (unpaired) electrons. The van der Waals surface area contributed by atoms with E-state index >= 15 is 0 Å². The zero-order valence-corrected chi connectivity index (χ0v) is 15.1. The van der Waals surface area contributed by atoms with Gasteiger partial charge in [-0.15, -0.1) is 0 Å². The molecule has 1 aromatic carbocycles. The highest BCUT2D eigenvalue weighted by Gasteiger charge is 2.26. The molecule has 0 unspecified atom stereocenters. The molecular weight excluding hydrogens is 282 g/mol. The van der Waals surface area contributed by atoms with Crippen LogP contribution in [0.25, 0.3) is 0 Å². The molecule has 0 spiro atoms. The van der Waals surface area contributed by atoms with Crippen LogP contribution in [0, 0.1) is 5.41 Å². The van der Waals surface area contributed by atoms with Gasteiger partial charge in [-0.25, -0.2) is 13.1 Å². The third kappa shape index (κ3) is 4.55.